The predicted molar refractivity (Wildman–Crippen MR) is 98.7 cm³/mol. The molecule has 5 heteroatoms. The van der Waals surface area contributed by atoms with Crippen molar-refractivity contribution in [2.75, 3.05) is 11.6 Å². The highest BCUT2D eigenvalue weighted by Gasteiger charge is 2.06. The van der Waals surface area contributed by atoms with Gasteiger partial charge in [0, 0.05) is 23.1 Å². The van der Waals surface area contributed by atoms with E-state index in [1.54, 1.807) is 18.7 Å². The van der Waals surface area contributed by atoms with Gasteiger partial charge < -0.3 is 0 Å². The van der Waals surface area contributed by atoms with E-state index in [1.165, 1.54) is 0 Å². The molecule has 0 saturated heterocycles. The van der Waals surface area contributed by atoms with Gasteiger partial charge >= 0.3 is 0 Å². The number of hydrogen-bond donors (Lipinski definition) is 0. The maximum atomic E-state index is 11.3. The maximum absolute atomic E-state index is 11.3. The second-order valence-corrected chi connectivity index (χ2v) is 6.80. The Morgan fingerprint density at radius 1 is 1.14 bits per heavy atom. The van der Waals surface area contributed by atoms with Crippen molar-refractivity contribution in [1.29, 1.82) is 0 Å². The van der Waals surface area contributed by atoms with Gasteiger partial charge in [0.25, 0.3) is 0 Å². The van der Waals surface area contributed by atoms with E-state index in [1.807, 2.05) is 31.2 Å². The lowest BCUT2D eigenvalue weighted by atomic mass is 10.1. The van der Waals surface area contributed by atoms with Crippen LogP contribution in [0.3, 0.4) is 0 Å². The van der Waals surface area contributed by atoms with Gasteiger partial charge in [0.2, 0.25) is 0 Å². The molecule has 0 amide bonds. The third kappa shape index (κ3) is 6.32. The summed E-state index contributed by atoms with van der Waals surface area (Å²) in [5.74, 6) is 2.04. The average Bonchev–Trinajstić information content (AvgIpc) is 2.50. The molecule has 0 aromatic heterocycles. The molecule has 22 heavy (non-hydrogen) atoms. The summed E-state index contributed by atoms with van der Waals surface area (Å²) in [6.45, 7) is 7.71. The molecule has 0 bridgehead atoms. The molecule has 0 aliphatic heterocycles. The van der Waals surface area contributed by atoms with Crippen LogP contribution in [0.5, 0.6) is 0 Å². The van der Waals surface area contributed by atoms with Crippen molar-refractivity contribution in [1.82, 2.24) is 0 Å². The molecule has 0 aliphatic carbocycles. The molecular formula is C17H23ClN2OS. The summed E-state index contributed by atoms with van der Waals surface area (Å²) in [4.78, 5) is 11.3. The van der Waals surface area contributed by atoms with Gasteiger partial charge in [-0.25, -0.2) is 0 Å². The Bertz CT molecular complexity index is 550. The lowest BCUT2D eigenvalue weighted by molar-refractivity contribution is 0.101. The molecule has 0 saturated carbocycles. The molecule has 0 unspecified atom stereocenters. The largest absolute Gasteiger partial charge is 0.295 e. The SMILES string of the molecule is CC(=O)c1ccc(/C(C)=N/N=C(/SCCCCl)C(C)C)cc1. The Morgan fingerprint density at radius 3 is 2.23 bits per heavy atom. The second kappa shape index (κ2) is 9.80. The Balaban J connectivity index is 2.83. The van der Waals surface area contributed by atoms with E-state index in [2.05, 4.69) is 24.1 Å². The van der Waals surface area contributed by atoms with Crippen molar-refractivity contribution in [2.24, 2.45) is 16.1 Å². The third-order valence-electron chi connectivity index (χ3n) is 3.03. The highest BCUT2D eigenvalue weighted by atomic mass is 35.5. The Hall–Kier alpha value is -1.13. The fraction of sp³-hybridized carbons (Fsp3) is 0.471. The maximum Gasteiger partial charge on any atom is 0.159 e. The summed E-state index contributed by atoms with van der Waals surface area (Å²) in [5.41, 5.74) is 2.52. The summed E-state index contributed by atoms with van der Waals surface area (Å²) >= 11 is 7.41. The Kier molecular flexibility index (Phi) is 8.43. The van der Waals surface area contributed by atoms with Crippen LogP contribution < -0.4 is 0 Å². The van der Waals surface area contributed by atoms with Gasteiger partial charge in [-0.2, -0.15) is 5.10 Å². The number of Topliss-reactive ketones (excluding diaryl/α,β-unsaturated/α-hetero) is 1. The smallest absolute Gasteiger partial charge is 0.159 e. The number of hydrogen-bond acceptors (Lipinski definition) is 4. The summed E-state index contributed by atoms with van der Waals surface area (Å²) in [5, 5.41) is 9.74. The lowest BCUT2D eigenvalue weighted by Crippen LogP contribution is -2.04. The average molecular weight is 339 g/mol. The van der Waals surface area contributed by atoms with Crippen LogP contribution in [0, 0.1) is 5.92 Å². The molecule has 0 radical (unpaired) electrons. The first-order chi connectivity index (χ1) is 10.5. The number of halogens is 1. The lowest BCUT2D eigenvalue weighted by Gasteiger charge is -2.07. The fourth-order valence-corrected chi connectivity index (χ4v) is 2.89. The Morgan fingerprint density at radius 2 is 1.73 bits per heavy atom. The number of ketones is 1. The Labute approximate surface area is 142 Å². The summed E-state index contributed by atoms with van der Waals surface area (Å²) < 4.78 is 0. The van der Waals surface area contributed by atoms with Gasteiger partial charge in [0.05, 0.1) is 10.8 Å². The minimum absolute atomic E-state index is 0.0666. The van der Waals surface area contributed by atoms with Crippen LogP contribution in [-0.4, -0.2) is 28.2 Å². The van der Waals surface area contributed by atoms with E-state index >= 15 is 0 Å². The van der Waals surface area contributed by atoms with E-state index in [0.29, 0.717) is 17.4 Å². The first-order valence-electron chi connectivity index (χ1n) is 7.38. The monoisotopic (exact) mass is 338 g/mol. The van der Waals surface area contributed by atoms with Crippen molar-refractivity contribution in [2.45, 2.75) is 34.1 Å². The molecule has 1 aromatic carbocycles. The number of nitrogens with zero attached hydrogens (tertiary/aromatic N) is 2. The highest BCUT2D eigenvalue weighted by Crippen LogP contribution is 2.15. The summed E-state index contributed by atoms with van der Waals surface area (Å²) in [6, 6.07) is 7.44. The van der Waals surface area contributed by atoms with E-state index in [-0.39, 0.29) is 5.78 Å². The molecule has 1 rings (SSSR count). The second-order valence-electron chi connectivity index (χ2n) is 5.30. The zero-order valence-electron chi connectivity index (χ0n) is 13.6. The number of benzene rings is 1. The summed E-state index contributed by atoms with van der Waals surface area (Å²) in [7, 11) is 0. The fourth-order valence-electron chi connectivity index (χ4n) is 1.67. The van der Waals surface area contributed by atoms with Gasteiger partial charge in [-0.1, -0.05) is 38.1 Å². The van der Waals surface area contributed by atoms with Gasteiger partial charge in [0.1, 0.15) is 0 Å². The standard InChI is InChI=1S/C17H23ClN2OS/c1-12(2)17(22-11-5-10-18)20-19-13(3)15-6-8-16(9-7-15)14(4)21/h6-9,12H,5,10-11H2,1-4H3/b19-13+,20-17+. The first-order valence-corrected chi connectivity index (χ1v) is 8.90. The molecule has 1 aromatic rings. The molecule has 0 atom stereocenters. The first kappa shape index (κ1) is 18.9. The molecule has 0 heterocycles. The number of thioether (sulfide) groups is 1. The molecule has 3 nitrogen and oxygen atoms in total. The van der Waals surface area contributed by atoms with Crippen LogP contribution in [0.4, 0.5) is 0 Å². The molecule has 0 fully saturated rings. The van der Waals surface area contributed by atoms with Crippen LogP contribution in [0.1, 0.15) is 50.0 Å². The van der Waals surface area contributed by atoms with Crippen molar-refractivity contribution >= 4 is 39.9 Å². The summed E-state index contributed by atoms with van der Waals surface area (Å²) in [6.07, 6.45) is 0.965. The van der Waals surface area contributed by atoms with E-state index in [4.69, 9.17) is 11.6 Å². The molecule has 0 spiro atoms. The number of carbonyl (C=O) groups excluding carboxylic acids is 1. The zero-order chi connectivity index (χ0) is 16.5. The topological polar surface area (TPSA) is 41.8 Å². The van der Waals surface area contributed by atoms with Crippen molar-refractivity contribution in [3.63, 3.8) is 0 Å². The quantitative estimate of drug-likeness (QED) is 0.175. The highest BCUT2D eigenvalue weighted by molar-refractivity contribution is 8.13. The predicted octanol–water partition coefficient (Wildman–Crippen LogP) is 5.03. The van der Waals surface area contributed by atoms with E-state index in [9.17, 15) is 4.79 Å². The molecule has 120 valence electrons. The van der Waals surface area contributed by atoms with Gasteiger partial charge in [-0.05, 0) is 25.8 Å². The van der Waals surface area contributed by atoms with E-state index < -0.39 is 0 Å². The van der Waals surface area contributed by atoms with Crippen molar-refractivity contribution in [3.8, 4) is 0 Å². The van der Waals surface area contributed by atoms with Gasteiger partial charge in [-0.3, -0.25) is 4.79 Å². The molecule has 0 aliphatic rings. The van der Waals surface area contributed by atoms with Crippen molar-refractivity contribution < 1.29 is 4.79 Å². The van der Waals surface area contributed by atoms with E-state index in [0.717, 1.165) is 28.5 Å². The molecular weight excluding hydrogens is 316 g/mol. The number of alkyl halides is 1. The van der Waals surface area contributed by atoms with Crippen LogP contribution in [0.2, 0.25) is 0 Å². The van der Waals surface area contributed by atoms with Gasteiger partial charge in [0.15, 0.2) is 5.78 Å². The van der Waals surface area contributed by atoms with Crippen LogP contribution in [0.25, 0.3) is 0 Å². The number of rotatable bonds is 7. The van der Waals surface area contributed by atoms with Gasteiger partial charge in [-0.15, -0.1) is 28.5 Å². The number of carbonyl (C=O) groups is 1. The minimum Gasteiger partial charge on any atom is -0.295 e. The third-order valence-corrected chi connectivity index (χ3v) is 4.64. The minimum atomic E-state index is 0.0666. The molecule has 0 N–H and O–H groups in total. The van der Waals surface area contributed by atoms with Crippen LogP contribution in [-0.2, 0) is 0 Å². The normalized spacial score (nSPS) is 12.8. The van der Waals surface area contributed by atoms with Crippen LogP contribution in [0.15, 0.2) is 34.5 Å². The van der Waals surface area contributed by atoms with Crippen molar-refractivity contribution in [3.05, 3.63) is 35.4 Å². The van der Waals surface area contributed by atoms with Crippen LogP contribution >= 0.6 is 23.4 Å². The zero-order valence-corrected chi connectivity index (χ0v) is 15.2.